The van der Waals surface area contributed by atoms with Crippen LogP contribution in [0, 0.1) is 0 Å². The first-order valence-corrected chi connectivity index (χ1v) is 6.07. The van der Waals surface area contributed by atoms with Gasteiger partial charge in [-0.15, -0.1) is 0 Å². The fourth-order valence-electron chi connectivity index (χ4n) is 1.57. The Labute approximate surface area is 115 Å². The lowest BCUT2D eigenvalue weighted by Gasteiger charge is -2.15. The number of halogens is 2. The molecule has 1 aromatic carbocycles. The Morgan fingerprint density at radius 2 is 2.22 bits per heavy atom. The van der Waals surface area contributed by atoms with Crippen molar-refractivity contribution in [2.45, 2.75) is 13.0 Å². The minimum atomic E-state index is -0.258. The molecule has 1 aromatic heterocycles. The van der Waals surface area contributed by atoms with Crippen molar-refractivity contribution in [2.75, 3.05) is 0 Å². The van der Waals surface area contributed by atoms with Gasteiger partial charge >= 0.3 is 6.03 Å². The van der Waals surface area contributed by atoms with Crippen LogP contribution in [-0.4, -0.2) is 15.6 Å². The quantitative estimate of drug-likeness (QED) is 0.917. The lowest BCUT2D eigenvalue weighted by molar-refractivity contribution is 0.239. The van der Waals surface area contributed by atoms with E-state index in [0.29, 0.717) is 10.0 Å². The Hall–Kier alpha value is -1.52. The minimum absolute atomic E-state index is 0.218. The first kappa shape index (κ1) is 12.9. The van der Waals surface area contributed by atoms with Crippen LogP contribution in [0.1, 0.15) is 18.5 Å². The van der Waals surface area contributed by atoms with Crippen molar-refractivity contribution in [1.82, 2.24) is 14.9 Å². The molecule has 2 aromatic rings. The van der Waals surface area contributed by atoms with Gasteiger partial charge in [0, 0.05) is 22.4 Å². The molecule has 0 aliphatic heterocycles. The van der Waals surface area contributed by atoms with Gasteiger partial charge in [0.2, 0.25) is 0 Å². The van der Waals surface area contributed by atoms with E-state index in [-0.39, 0.29) is 12.1 Å². The molecule has 1 atom stereocenters. The largest absolute Gasteiger partial charge is 0.331 e. The summed E-state index contributed by atoms with van der Waals surface area (Å²) in [5, 5.41) is 3.91. The number of carbonyl (C=O) groups is 1. The number of hydrogen-bond donors (Lipinski definition) is 1. The van der Waals surface area contributed by atoms with Crippen LogP contribution in [0.3, 0.4) is 0 Å². The van der Waals surface area contributed by atoms with Crippen LogP contribution in [0.15, 0.2) is 36.9 Å². The molecule has 0 unspecified atom stereocenters. The van der Waals surface area contributed by atoms with E-state index in [4.69, 9.17) is 23.2 Å². The predicted octanol–water partition coefficient (Wildman–Crippen LogP) is 3.51. The van der Waals surface area contributed by atoms with Crippen molar-refractivity contribution in [1.29, 1.82) is 0 Å². The van der Waals surface area contributed by atoms with Crippen LogP contribution in [0.25, 0.3) is 0 Å². The third kappa shape index (κ3) is 2.83. The first-order valence-electron chi connectivity index (χ1n) is 5.31. The SMILES string of the molecule is C[C@@H](NC(=O)n1ccnc1)c1ccc(Cl)cc1Cl. The van der Waals surface area contributed by atoms with Crippen molar-refractivity contribution >= 4 is 29.2 Å². The van der Waals surface area contributed by atoms with Crippen LogP contribution in [0.2, 0.25) is 10.0 Å². The zero-order chi connectivity index (χ0) is 13.1. The van der Waals surface area contributed by atoms with E-state index in [9.17, 15) is 4.79 Å². The monoisotopic (exact) mass is 283 g/mol. The van der Waals surface area contributed by atoms with Gasteiger partial charge in [0.1, 0.15) is 6.33 Å². The number of carbonyl (C=O) groups excluding carboxylic acids is 1. The standard InChI is InChI=1S/C12H11Cl2N3O/c1-8(10-3-2-9(13)6-11(10)14)16-12(18)17-5-4-15-7-17/h2-8H,1H3,(H,16,18)/t8-/m1/s1. The Kier molecular flexibility index (Phi) is 3.89. The summed E-state index contributed by atoms with van der Waals surface area (Å²) in [6.45, 7) is 1.85. The van der Waals surface area contributed by atoms with E-state index in [1.807, 2.05) is 6.92 Å². The minimum Gasteiger partial charge on any atom is -0.331 e. The predicted molar refractivity (Wildman–Crippen MR) is 71.0 cm³/mol. The van der Waals surface area contributed by atoms with Gasteiger partial charge in [0.05, 0.1) is 6.04 Å². The number of rotatable bonds is 2. The highest BCUT2D eigenvalue weighted by Crippen LogP contribution is 2.26. The maximum absolute atomic E-state index is 11.8. The van der Waals surface area contributed by atoms with E-state index >= 15 is 0 Å². The zero-order valence-corrected chi connectivity index (χ0v) is 11.1. The van der Waals surface area contributed by atoms with Gasteiger partial charge in [-0.2, -0.15) is 0 Å². The second kappa shape index (κ2) is 5.42. The lowest BCUT2D eigenvalue weighted by Crippen LogP contribution is -2.30. The second-order valence-electron chi connectivity index (χ2n) is 3.81. The number of hydrogen-bond acceptors (Lipinski definition) is 2. The number of benzene rings is 1. The maximum Gasteiger partial charge on any atom is 0.327 e. The highest BCUT2D eigenvalue weighted by atomic mass is 35.5. The van der Waals surface area contributed by atoms with Crippen molar-refractivity contribution in [3.63, 3.8) is 0 Å². The van der Waals surface area contributed by atoms with Crippen LogP contribution in [0.5, 0.6) is 0 Å². The number of aromatic nitrogens is 2. The summed E-state index contributed by atoms with van der Waals surface area (Å²) < 4.78 is 1.36. The lowest BCUT2D eigenvalue weighted by atomic mass is 10.1. The molecule has 18 heavy (non-hydrogen) atoms. The molecule has 0 spiro atoms. The van der Waals surface area contributed by atoms with Gasteiger partial charge in [0.15, 0.2) is 0 Å². The average Bonchev–Trinajstić information content (AvgIpc) is 2.81. The number of nitrogens with one attached hydrogen (secondary N) is 1. The van der Waals surface area contributed by atoms with Gasteiger partial charge < -0.3 is 5.32 Å². The van der Waals surface area contributed by atoms with Crippen molar-refractivity contribution < 1.29 is 4.79 Å². The van der Waals surface area contributed by atoms with E-state index in [1.54, 1.807) is 30.6 Å². The molecule has 94 valence electrons. The molecular weight excluding hydrogens is 273 g/mol. The Morgan fingerprint density at radius 3 is 2.83 bits per heavy atom. The van der Waals surface area contributed by atoms with E-state index in [2.05, 4.69) is 10.3 Å². The van der Waals surface area contributed by atoms with Gasteiger partial charge in [-0.25, -0.2) is 9.78 Å². The average molecular weight is 284 g/mol. The third-order valence-electron chi connectivity index (χ3n) is 2.51. The van der Waals surface area contributed by atoms with Crippen LogP contribution in [-0.2, 0) is 0 Å². The maximum atomic E-state index is 11.8. The van der Waals surface area contributed by atoms with E-state index in [1.165, 1.54) is 10.9 Å². The van der Waals surface area contributed by atoms with Crippen LogP contribution < -0.4 is 5.32 Å². The number of imidazole rings is 1. The summed E-state index contributed by atoms with van der Waals surface area (Å²) in [7, 11) is 0. The van der Waals surface area contributed by atoms with Gasteiger partial charge in [0.25, 0.3) is 0 Å². The second-order valence-corrected chi connectivity index (χ2v) is 4.65. The summed E-state index contributed by atoms with van der Waals surface area (Å²) >= 11 is 11.9. The van der Waals surface area contributed by atoms with Crippen molar-refractivity contribution in [3.8, 4) is 0 Å². The highest BCUT2D eigenvalue weighted by Gasteiger charge is 2.13. The van der Waals surface area contributed by atoms with Gasteiger partial charge in [-0.3, -0.25) is 4.57 Å². The van der Waals surface area contributed by atoms with Gasteiger partial charge in [-0.05, 0) is 24.6 Å². The van der Waals surface area contributed by atoms with Crippen molar-refractivity contribution in [2.24, 2.45) is 0 Å². The van der Waals surface area contributed by atoms with E-state index < -0.39 is 0 Å². The molecule has 6 heteroatoms. The zero-order valence-electron chi connectivity index (χ0n) is 9.60. The number of amides is 1. The molecule has 1 N–H and O–H groups in total. The summed E-state index contributed by atoms with van der Waals surface area (Å²) in [6, 6.07) is 4.71. The molecule has 0 bridgehead atoms. The normalized spacial score (nSPS) is 12.2. The van der Waals surface area contributed by atoms with Gasteiger partial charge in [-0.1, -0.05) is 29.3 Å². The third-order valence-corrected chi connectivity index (χ3v) is 3.07. The Balaban J connectivity index is 2.12. The molecule has 2 rings (SSSR count). The van der Waals surface area contributed by atoms with Crippen LogP contribution in [0.4, 0.5) is 4.79 Å². The molecule has 1 heterocycles. The number of nitrogens with zero attached hydrogens (tertiary/aromatic N) is 2. The smallest absolute Gasteiger partial charge is 0.327 e. The molecule has 0 aliphatic rings. The van der Waals surface area contributed by atoms with Crippen LogP contribution >= 0.6 is 23.2 Å². The molecule has 0 aliphatic carbocycles. The summed E-state index contributed by atoms with van der Waals surface area (Å²) in [5.41, 5.74) is 0.814. The first-order chi connectivity index (χ1) is 8.58. The Morgan fingerprint density at radius 1 is 1.44 bits per heavy atom. The fraction of sp³-hybridized carbons (Fsp3) is 0.167. The molecular formula is C12H11Cl2N3O. The molecule has 0 saturated heterocycles. The topological polar surface area (TPSA) is 46.9 Å². The fourth-order valence-corrected chi connectivity index (χ4v) is 2.14. The van der Waals surface area contributed by atoms with Crippen molar-refractivity contribution in [3.05, 3.63) is 52.5 Å². The molecule has 0 radical (unpaired) electrons. The molecule has 1 amide bonds. The van der Waals surface area contributed by atoms with E-state index in [0.717, 1.165) is 5.56 Å². The summed E-state index contributed by atoms with van der Waals surface area (Å²) in [5.74, 6) is 0. The molecule has 4 nitrogen and oxygen atoms in total. The molecule has 0 saturated carbocycles. The Bertz CT molecular complexity index is 554. The molecule has 0 fully saturated rings. The summed E-state index contributed by atoms with van der Waals surface area (Å²) in [4.78, 5) is 15.6. The summed E-state index contributed by atoms with van der Waals surface area (Å²) in [6.07, 6.45) is 4.55. The highest BCUT2D eigenvalue weighted by molar-refractivity contribution is 6.35.